The van der Waals surface area contributed by atoms with E-state index >= 15 is 4.39 Å². The highest BCUT2D eigenvalue weighted by atomic mass is 32.1. The largest absolute Gasteiger partial charge is 0.465 e. The molecular formula is C45H50FN6O7PS. The Bertz CT molecular complexity index is 2370. The van der Waals surface area contributed by atoms with Gasteiger partial charge in [-0.05, 0) is 105 Å². The summed E-state index contributed by atoms with van der Waals surface area (Å²) < 4.78 is 42.5. The second kappa shape index (κ2) is 17.7. The number of para-hydroxylation sites is 1. The first-order valence-electron chi connectivity index (χ1n) is 21.2. The molecule has 61 heavy (non-hydrogen) atoms. The Morgan fingerprint density at radius 3 is 2.57 bits per heavy atom. The van der Waals surface area contributed by atoms with Gasteiger partial charge in [-0.2, -0.15) is 5.26 Å². The van der Waals surface area contributed by atoms with Crippen LogP contribution in [0, 0.1) is 17.2 Å². The zero-order valence-corrected chi connectivity index (χ0v) is 35.9. The predicted octanol–water partition coefficient (Wildman–Crippen LogP) is 7.80. The van der Waals surface area contributed by atoms with Crippen molar-refractivity contribution < 1.29 is 37.4 Å². The summed E-state index contributed by atoms with van der Waals surface area (Å²) in [7, 11) is -4.46. The number of carbonyl (C=O) groups is 4. The number of alkyl halides is 1. The molecule has 3 amide bonds. The van der Waals surface area contributed by atoms with E-state index in [1.54, 1.807) is 47.6 Å². The summed E-state index contributed by atoms with van der Waals surface area (Å²) in [6.07, 6.45) is 9.49. The standard InChI is InChI=1S/C45H50FN6O7PS/c1-3-22-58-44(56)28(2)50-60(57,59-33-12-5-4-6-13-33)40(46)29-15-18-38-31(23-29)24-39(61-38)41(53)49-36-14-8-7-11-32-16-17-37(52(32)42(36)54)43(55)51-27-34(30-10-9-21-48-26-30)35(25-47)45(51)19-20-45/h4-6,9-10,12-13,15,18,21,23-24,26,28,32,34-37,40H,3,7-8,11,14,16-17,19-20,22,27H2,1-2H3,(H,49,53)(H,50,57)/t28-,32-,34+,35+,36-,37-,40+,60?/m0/s1. The first kappa shape index (κ1) is 42.5. The Morgan fingerprint density at radius 2 is 1.85 bits per heavy atom. The summed E-state index contributed by atoms with van der Waals surface area (Å²) >= 11 is 1.18. The van der Waals surface area contributed by atoms with Crippen molar-refractivity contribution in [3.63, 3.8) is 0 Å². The maximum absolute atomic E-state index is 16.6. The summed E-state index contributed by atoms with van der Waals surface area (Å²) in [5.74, 6) is -4.15. The zero-order chi connectivity index (χ0) is 42.9. The quantitative estimate of drug-likeness (QED) is 0.0999. The van der Waals surface area contributed by atoms with E-state index in [0.29, 0.717) is 47.2 Å². The fourth-order valence-electron chi connectivity index (χ4n) is 9.41. The SMILES string of the molecule is CCCOC(=O)[C@H](C)NP(=O)(Oc1ccccc1)[C@@H](F)c1ccc2sc(C(=O)N[C@H]3CCCC[C@H]4CC[C@@H](C(=O)N5C[C@H](c6cccnc6)[C@@H](C#N)C56CC6)N4C3=O)cc2c1. The minimum absolute atomic E-state index is 0.0166. The van der Waals surface area contributed by atoms with E-state index < -0.39 is 49.0 Å². The van der Waals surface area contributed by atoms with Gasteiger partial charge in [-0.25, -0.2) is 9.48 Å². The lowest BCUT2D eigenvalue weighted by Crippen LogP contribution is -2.57. The van der Waals surface area contributed by atoms with Crippen LogP contribution in [0.5, 0.6) is 5.75 Å². The Balaban J connectivity index is 0.991. The Hall–Kier alpha value is -5.16. The Morgan fingerprint density at radius 1 is 1.07 bits per heavy atom. The number of fused-ring (bicyclic) bond motifs is 2. The first-order chi connectivity index (χ1) is 29.5. The van der Waals surface area contributed by atoms with Crippen molar-refractivity contribution in [3.8, 4) is 11.8 Å². The van der Waals surface area contributed by atoms with Crippen molar-refractivity contribution in [2.24, 2.45) is 5.92 Å². The van der Waals surface area contributed by atoms with Crippen LogP contribution in [0.15, 0.2) is 79.1 Å². The number of esters is 1. The van der Waals surface area contributed by atoms with Crippen molar-refractivity contribution >= 4 is 52.6 Å². The molecule has 2 N–H and O–H groups in total. The average Bonchev–Trinajstić information content (AvgIpc) is 3.59. The number of pyridine rings is 1. The van der Waals surface area contributed by atoms with E-state index in [1.807, 2.05) is 24.0 Å². The molecule has 1 spiro atoms. The number of nitrogens with one attached hydrogen (secondary N) is 2. The van der Waals surface area contributed by atoms with Crippen LogP contribution in [-0.4, -0.2) is 81.3 Å². The van der Waals surface area contributed by atoms with Gasteiger partial charge in [-0.1, -0.05) is 50.1 Å². The normalized spacial score (nSPS) is 25.1. The molecule has 2 aromatic carbocycles. The number of thiophene rings is 1. The minimum atomic E-state index is -4.46. The molecule has 8 rings (SSSR count). The van der Waals surface area contributed by atoms with Gasteiger partial charge in [0.2, 0.25) is 17.7 Å². The van der Waals surface area contributed by atoms with Crippen molar-refractivity contribution in [3.05, 3.63) is 95.1 Å². The highest BCUT2D eigenvalue weighted by Crippen LogP contribution is 2.59. The molecule has 1 saturated carbocycles. The molecule has 16 heteroatoms. The summed E-state index contributed by atoms with van der Waals surface area (Å²) in [5.41, 5.74) is 0.399. The highest BCUT2D eigenvalue weighted by molar-refractivity contribution is 7.57. The maximum atomic E-state index is 16.6. The van der Waals surface area contributed by atoms with Crippen LogP contribution in [0.4, 0.5) is 4.39 Å². The van der Waals surface area contributed by atoms with Crippen molar-refractivity contribution in [1.29, 1.82) is 5.26 Å². The van der Waals surface area contributed by atoms with E-state index in [0.717, 1.165) is 37.7 Å². The molecule has 8 atom stereocenters. The van der Waals surface area contributed by atoms with Crippen molar-refractivity contribution in [2.45, 2.75) is 113 Å². The lowest BCUT2D eigenvalue weighted by atomic mass is 9.85. The maximum Gasteiger partial charge on any atom is 0.355 e. The molecule has 1 unspecified atom stereocenters. The van der Waals surface area contributed by atoms with Gasteiger partial charge in [0, 0.05) is 35.6 Å². The fraction of sp³-hybridized carbons (Fsp3) is 0.467. The molecule has 320 valence electrons. The Labute approximate surface area is 358 Å². The molecule has 3 aliphatic heterocycles. The number of benzene rings is 2. The molecule has 13 nitrogen and oxygen atoms in total. The van der Waals surface area contributed by atoms with E-state index in [9.17, 15) is 29.0 Å². The lowest BCUT2D eigenvalue weighted by Gasteiger charge is -2.37. The third-order valence-electron chi connectivity index (χ3n) is 12.6. The van der Waals surface area contributed by atoms with Gasteiger partial charge in [0.05, 0.1) is 29.0 Å². The minimum Gasteiger partial charge on any atom is -0.465 e. The van der Waals surface area contributed by atoms with Gasteiger partial charge < -0.3 is 24.4 Å². The van der Waals surface area contributed by atoms with E-state index in [4.69, 9.17) is 9.26 Å². The molecule has 2 aromatic heterocycles. The predicted molar refractivity (Wildman–Crippen MR) is 227 cm³/mol. The number of nitriles is 1. The monoisotopic (exact) mass is 868 g/mol. The van der Waals surface area contributed by atoms with Crippen LogP contribution in [-0.2, 0) is 23.7 Å². The van der Waals surface area contributed by atoms with Crippen molar-refractivity contribution in [1.82, 2.24) is 25.2 Å². The van der Waals surface area contributed by atoms with Crippen LogP contribution in [0.2, 0.25) is 0 Å². The summed E-state index contributed by atoms with van der Waals surface area (Å²) in [6.45, 7) is 3.82. The summed E-state index contributed by atoms with van der Waals surface area (Å²) in [6, 6.07) is 17.8. The summed E-state index contributed by atoms with van der Waals surface area (Å²) in [4.78, 5) is 63.8. The Kier molecular flexibility index (Phi) is 12.3. The number of rotatable bonds is 13. The number of nitrogens with zero attached hydrogens (tertiary/aromatic N) is 4. The van der Waals surface area contributed by atoms with Crippen LogP contribution in [0.1, 0.15) is 104 Å². The van der Waals surface area contributed by atoms with Crippen molar-refractivity contribution in [2.75, 3.05) is 13.2 Å². The van der Waals surface area contributed by atoms with Crippen LogP contribution >= 0.6 is 18.9 Å². The van der Waals surface area contributed by atoms with Crippen LogP contribution in [0.3, 0.4) is 0 Å². The second-order valence-corrected chi connectivity index (χ2v) is 19.8. The van der Waals surface area contributed by atoms with Gasteiger partial charge in [0.25, 0.3) is 5.91 Å². The number of aromatic nitrogens is 1. The lowest BCUT2D eigenvalue weighted by molar-refractivity contribution is -0.148. The first-order valence-corrected chi connectivity index (χ1v) is 23.7. The number of halogens is 1. The fourth-order valence-corrected chi connectivity index (χ4v) is 12.3. The number of likely N-dealkylation sites (tertiary alicyclic amines) is 1. The molecule has 4 aromatic rings. The molecule has 4 fully saturated rings. The third kappa shape index (κ3) is 8.42. The number of hydrogen-bond acceptors (Lipinski definition) is 10. The smallest absolute Gasteiger partial charge is 0.355 e. The van der Waals surface area contributed by atoms with Crippen LogP contribution in [0.25, 0.3) is 10.1 Å². The van der Waals surface area contributed by atoms with Gasteiger partial charge in [-0.15, -0.1) is 11.3 Å². The van der Waals surface area contributed by atoms with Gasteiger partial charge in [0.15, 0.2) is 0 Å². The molecule has 3 saturated heterocycles. The number of amides is 3. The topological polar surface area (TPSA) is 171 Å². The van der Waals surface area contributed by atoms with E-state index in [2.05, 4.69) is 21.5 Å². The average molecular weight is 869 g/mol. The molecule has 1 aliphatic carbocycles. The molecule has 5 heterocycles. The van der Waals surface area contributed by atoms with Gasteiger partial charge >= 0.3 is 13.5 Å². The molecule has 0 radical (unpaired) electrons. The van der Waals surface area contributed by atoms with E-state index in [-0.39, 0.29) is 47.6 Å². The molecule has 0 bridgehead atoms. The summed E-state index contributed by atoms with van der Waals surface area (Å²) in [5, 5.41) is 16.4. The second-order valence-electron chi connectivity index (χ2n) is 16.6. The third-order valence-corrected chi connectivity index (χ3v) is 15.8. The molecular weight excluding hydrogens is 819 g/mol. The number of hydrogen-bond donors (Lipinski definition) is 2. The van der Waals surface area contributed by atoms with Gasteiger partial charge in [-0.3, -0.25) is 28.7 Å². The molecule has 4 aliphatic rings. The zero-order valence-electron chi connectivity index (χ0n) is 34.2. The van der Waals surface area contributed by atoms with Crippen LogP contribution < -0.4 is 14.9 Å². The number of carbonyl (C=O) groups excluding carboxylic acids is 4. The van der Waals surface area contributed by atoms with Gasteiger partial charge in [0.1, 0.15) is 23.9 Å². The number of ether oxygens (including phenoxy) is 1. The highest BCUT2D eigenvalue weighted by Gasteiger charge is 2.64. The van der Waals surface area contributed by atoms with E-state index in [1.165, 1.54) is 42.5 Å².